The standard InChI is InChI=1S/C24H32N2O5S/c1-5-31-23-13-12-22(15-17(23)2)32(28,29)26-14-6-7-20(16-26)24(27)25-18(3)19-8-10-21(30-4)11-9-19/h8-13,15,18,20H,5-7,14,16H2,1-4H3,(H,25,27)/t18-,20-/m0/s1. The number of sulfonamides is 1. The van der Waals surface area contributed by atoms with Gasteiger partial charge in [0.15, 0.2) is 0 Å². The van der Waals surface area contributed by atoms with Gasteiger partial charge in [-0.3, -0.25) is 4.79 Å². The fourth-order valence-corrected chi connectivity index (χ4v) is 5.54. The Balaban J connectivity index is 1.68. The highest BCUT2D eigenvalue weighted by molar-refractivity contribution is 7.89. The van der Waals surface area contributed by atoms with Crippen molar-refractivity contribution in [1.29, 1.82) is 0 Å². The smallest absolute Gasteiger partial charge is 0.243 e. The van der Waals surface area contributed by atoms with Crippen molar-refractivity contribution in [2.45, 2.75) is 44.6 Å². The van der Waals surface area contributed by atoms with Crippen molar-refractivity contribution < 1.29 is 22.7 Å². The quantitative estimate of drug-likeness (QED) is 0.650. The summed E-state index contributed by atoms with van der Waals surface area (Å²) in [7, 11) is -2.08. The molecule has 0 spiro atoms. The summed E-state index contributed by atoms with van der Waals surface area (Å²) >= 11 is 0. The van der Waals surface area contributed by atoms with Crippen molar-refractivity contribution in [2.24, 2.45) is 5.92 Å². The maximum absolute atomic E-state index is 13.2. The van der Waals surface area contributed by atoms with E-state index in [1.807, 2.05) is 45.0 Å². The summed E-state index contributed by atoms with van der Waals surface area (Å²) in [5.74, 6) is 0.916. The minimum atomic E-state index is -3.69. The van der Waals surface area contributed by atoms with E-state index >= 15 is 0 Å². The maximum atomic E-state index is 13.2. The summed E-state index contributed by atoms with van der Waals surface area (Å²) in [4.78, 5) is 13.1. The highest BCUT2D eigenvalue weighted by Gasteiger charge is 2.34. The van der Waals surface area contributed by atoms with E-state index in [1.54, 1.807) is 25.3 Å². The van der Waals surface area contributed by atoms with E-state index in [2.05, 4.69) is 5.32 Å². The first-order valence-corrected chi connectivity index (χ1v) is 12.4. The van der Waals surface area contributed by atoms with Crippen LogP contribution >= 0.6 is 0 Å². The van der Waals surface area contributed by atoms with Crippen LogP contribution in [-0.4, -0.2) is 45.4 Å². The Bertz CT molecular complexity index is 1040. The van der Waals surface area contributed by atoms with Crippen LogP contribution in [0.1, 0.15) is 43.9 Å². The zero-order valence-corrected chi connectivity index (χ0v) is 19.9. The maximum Gasteiger partial charge on any atom is 0.243 e. The van der Waals surface area contributed by atoms with Gasteiger partial charge in [-0.25, -0.2) is 8.42 Å². The molecule has 0 unspecified atom stereocenters. The molecule has 1 aliphatic heterocycles. The van der Waals surface area contributed by atoms with Crippen molar-refractivity contribution in [2.75, 3.05) is 26.8 Å². The fraction of sp³-hybridized carbons (Fsp3) is 0.458. The SMILES string of the molecule is CCOc1ccc(S(=O)(=O)N2CCC[C@H](C(=O)N[C@@H](C)c3ccc(OC)cc3)C2)cc1C. The van der Waals surface area contributed by atoms with Crippen LogP contribution in [0.15, 0.2) is 47.4 Å². The first-order valence-electron chi connectivity index (χ1n) is 10.9. The van der Waals surface area contributed by atoms with E-state index in [4.69, 9.17) is 9.47 Å². The molecule has 8 heteroatoms. The fourth-order valence-electron chi connectivity index (χ4n) is 3.93. The molecule has 32 heavy (non-hydrogen) atoms. The number of nitrogens with one attached hydrogen (secondary N) is 1. The van der Waals surface area contributed by atoms with Crippen molar-refractivity contribution in [3.05, 3.63) is 53.6 Å². The van der Waals surface area contributed by atoms with Gasteiger partial charge in [0, 0.05) is 13.1 Å². The van der Waals surface area contributed by atoms with E-state index in [0.29, 0.717) is 31.7 Å². The molecule has 2 aromatic carbocycles. The minimum Gasteiger partial charge on any atom is -0.497 e. The van der Waals surface area contributed by atoms with Crippen LogP contribution in [-0.2, 0) is 14.8 Å². The van der Waals surface area contributed by atoms with Gasteiger partial charge in [-0.05, 0) is 75.1 Å². The second kappa shape index (κ2) is 10.4. The number of ether oxygens (including phenoxy) is 2. The van der Waals surface area contributed by atoms with Crippen LogP contribution in [0.2, 0.25) is 0 Å². The van der Waals surface area contributed by atoms with Crippen LogP contribution in [0.3, 0.4) is 0 Å². The summed E-state index contributed by atoms with van der Waals surface area (Å²) in [5, 5.41) is 3.03. The molecule has 1 amide bonds. The summed E-state index contributed by atoms with van der Waals surface area (Å²) in [6.07, 6.45) is 1.31. The van der Waals surface area contributed by atoms with Crippen molar-refractivity contribution in [3.63, 3.8) is 0 Å². The molecule has 2 atom stereocenters. The lowest BCUT2D eigenvalue weighted by molar-refractivity contribution is -0.126. The summed E-state index contributed by atoms with van der Waals surface area (Å²) in [6.45, 7) is 6.74. The van der Waals surface area contributed by atoms with Gasteiger partial charge in [-0.15, -0.1) is 0 Å². The van der Waals surface area contributed by atoms with Crippen molar-refractivity contribution >= 4 is 15.9 Å². The highest BCUT2D eigenvalue weighted by Crippen LogP contribution is 2.28. The number of hydrogen-bond donors (Lipinski definition) is 1. The number of benzene rings is 2. The van der Waals surface area contributed by atoms with E-state index in [1.165, 1.54) is 4.31 Å². The predicted octanol–water partition coefficient (Wildman–Crippen LogP) is 3.68. The second-order valence-electron chi connectivity index (χ2n) is 8.07. The third-order valence-corrected chi connectivity index (χ3v) is 7.67. The number of carbonyl (C=O) groups is 1. The van der Waals surface area contributed by atoms with Crippen LogP contribution < -0.4 is 14.8 Å². The van der Waals surface area contributed by atoms with Gasteiger partial charge >= 0.3 is 0 Å². The van der Waals surface area contributed by atoms with Crippen LogP contribution in [0.5, 0.6) is 11.5 Å². The third kappa shape index (κ3) is 5.42. The summed E-state index contributed by atoms with van der Waals surface area (Å²) in [5.41, 5.74) is 1.73. The summed E-state index contributed by atoms with van der Waals surface area (Å²) in [6, 6.07) is 12.2. The Kier molecular flexibility index (Phi) is 7.79. The molecule has 0 bridgehead atoms. The molecule has 1 fully saturated rings. The molecule has 0 saturated carbocycles. The number of rotatable bonds is 8. The molecule has 1 saturated heterocycles. The Morgan fingerprint density at radius 1 is 1.22 bits per heavy atom. The highest BCUT2D eigenvalue weighted by atomic mass is 32.2. The van der Waals surface area contributed by atoms with Crippen molar-refractivity contribution in [1.82, 2.24) is 9.62 Å². The van der Waals surface area contributed by atoms with Crippen molar-refractivity contribution in [3.8, 4) is 11.5 Å². The monoisotopic (exact) mass is 460 g/mol. The molecular weight excluding hydrogens is 428 g/mol. The third-order valence-electron chi connectivity index (χ3n) is 5.81. The van der Waals surface area contributed by atoms with Gasteiger partial charge in [-0.1, -0.05) is 12.1 Å². The normalized spacial score (nSPS) is 18.1. The Labute approximate surface area is 190 Å². The van der Waals surface area contributed by atoms with Gasteiger partial charge in [-0.2, -0.15) is 4.31 Å². The molecule has 3 rings (SSSR count). The average Bonchev–Trinajstić information content (AvgIpc) is 2.80. The summed E-state index contributed by atoms with van der Waals surface area (Å²) < 4.78 is 38.6. The lowest BCUT2D eigenvalue weighted by atomic mass is 9.98. The molecule has 1 aliphatic rings. The van der Waals surface area contributed by atoms with Crippen LogP contribution in [0, 0.1) is 12.8 Å². The van der Waals surface area contributed by atoms with E-state index in [0.717, 1.165) is 16.9 Å². The van der Waals surface area contributed by atoms with Gasteiger partial charge in [0.25, 0.3) is 0 Å². The molecular formula is C24H32N2O5S. The first-order chi connectivity index (χ1) is 15.3. The average molecular weight is 461 g/mol. The zero-order chi connectivity index (χ0) is 23.3. The Morgan fingerprint density at radius 2 is 1.94 bits per heavy atom. The number of hydrogen-bond acceptors (Lipinski definition) is 5. The number of amides is 1. The van der Waals surface area contributed by atoms with Gasteiger partial charge in [0.05, 0.1) is 30.6 Å². The molecule has 0 radical (unpaired) electrons. The van der Waals surface area contributed by atoms with E-state index in [9.17, 15) is 13.2 Å². The lowest BCUT2D eigenvalue weighted by Crippen LogP contribution is -2.45. The molecule has 0 aromatic heterocycles. The lowest BCUT2D eigenvalue weighted by Gasteiger charge is -2.32. The zero-order valence-electron chi connectivity index (χ0n) is 19.1. The van der Waals surface area contributed by atoms with E-state index < -0.39 is 10.0 Å². The van der Waals surface area contributed by atoms with E-state index in [-0.39, 0.29) is 29.3 Å². The number of aryl methyl sites for hydroxylation is 1. The number of carbonyl (C=O) groups excluding carboxylic acids is 1. The van der Waals surface area contributed by atoms with Crippen LogP contribution in [0.4, 0.5) is 0 Å². The number of methoxy groups -OCH3 is 1. The predicted molar refractivity (Wildman–Crippen MR) is 123 cm³/mol. The molecule has 174 valence electrons. The number of nitrogens with zero attached hydrogens (tertiary/aromatic N) is 1. The van der Waals surface area contributed by atoms with Gasteiger partial charge < -0.3 is 14.8 Å². The Hall–Kier alpha value is -2.58. The minimum absolute atomic E-state index is 0.129. The molecule has 2 aromatic rings. The molecule has 1 heterocycles. The molecule has 7 nitrogen and oxygen atoms in total. The second-order valence-corrected chi connectivity index (χ2v) is 10.0. The number of piperidine rings is 1. The Morgan fingerprint density at radius 3 is 2.56 bits per heavy atom. The van der Waals surface area contributed by atoms with Gasteiger partial charge in [0.1, 0.15) is 11.5 Å². The van der Waals surface area contributed by atoms with Gasteiger partial charge in [0.2, 0.25) is 15.9 Å². The first kappa shape index (κ1) is 24.1. The molecule has 1 N–H and O–H groups in total. The topological polar surface area (TPSA) is 84.9 Å². The van der Waals surface area contributed by atoms with Crippen LogP contribution in [0.25, 0.3) is 0 Å². The molecule has 0 aliphatic carbocycles. The largest absolute Gasteiger partial charge is 0.497 e.